The average Bonchev–Trinajstić information content (AvgIpc) is 3.07. The summed E-state index contributed by atoms with van der Waals surface area (Å²) < 4.78 is 0. The summed E-state index contributed by atoms with van der Waals surface area (Å²) in [4.78, 5) is 20.9. The predicted octanol–water partition coefficient (Wildman–Crippen LogP) is 2.29. The number of nitrogens with one attached hydrogen (secondary N) is 1. The molecule has 0 unspecified atom stereocenters. The number of amides is 1. The number of aromatic nitrogens is 1. The first-order valence-electron chi connectivity index (χ1n) is 7.51. The molecule has 1 saturated heterocycles. The number of nitrogens with zero attached hydrogens (tertiary/aromatic N) is 3. The Morgan fingerprint density at radius 3 is 2.77 bits per heavy atom. The zero-order valence-electron chi connectivity index (χ0n) is 12.4. The number of thiophene rings is 1. The van der Waals surface area contributed by atoms with Crippen LogP contribution in [0.15, 0.2) is 41.2 Å². The normalized spacial score (nSPS) is 15.7. The Labute approximate surface area is 134 Å². The molecular weight excluding hydrogens is 296 g/mol. The summed E-state index contributed by atoms with van der Waals surface area (Å²) in [6.45, 7) is 4.68. The van der Waals surface area contributed by atoms with E-state index in [4.69, 9.17) is 0 Å². The number of piperazine rings is 1. The molecular formula is C16H20N4OS. The van der Waals surface area contributed by atoms with Crippen LogP contribution in [0.25, 0.3) is 0 Å². The Morgan fingerprint density at radius 1 is 1.23 bits per heavy atom. The van der Waals surface area contributed by atoms with Crippen LogP contribution in [0.3, 0.4) is 0 Å². The van der Waals surface area contributed by atoms with Gasteiger partial charge in [0.25, 0.3) is 0 Å². The van der Waals surface area contributed by atoms with Crippen LogP contribution in [0.1, 0.15) is 6.42 Å². The van der Waals surface area contributed by atoms with Crippen molar-refractivity contribution < 1.29 is 4.79 Å². The molecule has 0 spiro atoms. The number of carbonyl (C=O) groups is 1. The Bertz CT molecular complexity index is 579. The molecule has 0 aliphatic carbocycles. The van der Waals surface area contributed by atoms with Gasteiger partial charge in [0.1, 0.15) is 5.82 Å². The molecule has 2 aromatic heterocycles. The van der Waals surface area contributed by atoms with Crippen LogP contribution < -0.4 is 10.2 Å². The van der Waals surface area contributed by atoms with Gasteiger partial charge >= 0.3 is 0 Å². The number of hydrogen-bond acceptors (Lipinski definition) is 5. The third kappa shape index (κ3) is 4.05. The van der Waals surface area contributed by atoms with E-state index in [0.29, 0.717) is 6.42 Å². The lowest BCUT2D eigenvalue weighted by atomic mass is 10.2. The lowest BCUT2D eigenvalue weighted by Gasteiger charge is -2.35. The maximum absolute atomic E-state index is 11.9. The molecule has 1 amide bonds. The van der Waals surface area contributed by atoms with Crippen molar-refractivity contribution in [2.75, 3.05) is 42.9 Å². The van der Waals surface area contributed by atoms with Crippen LogP contribution >= 0.6 is 11.3 Å². The highest BCUT2D eigenvalue weighted by atomic mass is 32.1. The molecule has 3 heterocycles. The van der Waals surface area contributed by atoms with Gasteiger partial charge in [-0.3, -0.25) is 9.69 Å². The van der Waals surface area contributed by atoms with E-state index in [9.17, 15) is 4.79 Å². The van der Waals surface area contributed by atoms with Crippen molar-refractivity contribution >= 4 is 28.7 Å². The molecule has 0 radical (unpaired) electrons. The number of hydrogen-bond donors (Lipinski definition) is 1. The first-order chi connectivity index (χ1) is 10.8. The van der Waals surface area contributed by atoms with Crippen LogP contribution in [-0.2, 0) is 4.79 Å². The molecule has 3 rings (SSSR count). The lowest BCUT2D eigenvalue weighted by molar-refractivity contribution is -0.116. The fourth-order valence-corrected chi connectivity index (χ4v) is 3.15. The highest BCUT2D eigenvalue weighted by Crippen LogP contribution is 2.14. The molecule has 0 atom stereocenters. The van der Waals surface area contributed by atoms with Crippen molar-refractivity contribution in [1.82, 2.24) is 9.88 Å². The summed E-state index contributed by atoms with van der Waals surface area (Å²) in [5.74, 6) is 1.13. The first kappa shape index (κ1) is 15.0. The molecule has 116 valence electrons. The van der Waals surface area contributed by atoms with E-state index in [1.54, 1.807) is 11.3 Å². The van der Waals surface area contributed by atoms with E-state index in [1.807, 2.05) is 41.2 Å². The van der Waals surface area contributed by atoms with Gasteiger partial charge in [0, 0.05) is 50.7 Å². The quantitative estimate of drug-likeness (QED) is 0.919. The second-order valence-corrected chi connectivity index (χ2v) is 6.11. The predicted molar refractivity (Wildman–Crippen MR) is 90.5 cm³/mol. The standard InChI is InChI=1S/C16H20N4OS/c21-16(18-14-5-12-22-13-14)4-7-19-8-10-20(11-9-19)15-3-1-2-6-17-15/h1-3,5-6,12-13H,4,7-11H2,(H,18,21). The Balaban J connectivity index is 1.40. The summed E-state index contributed by atoms with van der Waals surface area (Å²) in [6, 6.07) is 7.92. The van der Waals surface area contributed by atoms with Crippen LogP contribution in [0.2, 0.25) is 0 Å². The van der Waals surface area contributed by atoms with Gasteiger partial charge < -0.3 is 10.2 Å². The van der Waals surface area contributed by atoms with E-state index in [-0.39, 0.29) is 5.91 Å². The van der Waals surface area contributed by atoms with Crippen molar-refractivity contribution in [1.29, 1.82) is 0 Å². The van der Waals surface area contributed by atoms with Crippen molar-refractivity contribution in [3.05, 3.63) is 41.2 Å². The van der Waals surface area contributed by atoms with E-state index in [0.717, 1.165) is 44.2 Å². The summed E-state index contributed by atoms with van der Waals surface area (Å²) in [5.41, 5.74) is 0.898. The van der Waals surface area contributed by atoms with Crippen LogP contribution in [0.4, 0.5) is 11.5 Å². The second kappa shape index (κ2) is 7.38. The minimum Gasteiger partial charge on any atom is -0.354 e. The SMILES string of the molecule is O=C(CCN1CCN(c2ccccn2)CC1)Nc1ccsc1. The maximum atomic E-state index is 11.9. The third-order valence-corrected chi connectivity index (χ3v) is 4.49. The van der Waals surface area contributed by atoms with E-state index >= 15 is 0 Å². The van der Waals surface area contributed by atoms with E-state index in [1.165, 1.54) is 0 Å². The molecule has 0 saturated carbocycles. The average molecular weight is 316 g/mol. The largest absolute Gasteiger partial charge is 0.354 e. The molecule has 0 aromatic carbocycles. The summed E-state index contributed by atoms with van der Waals surface area (Å²) >= 11 is 1.59. The van der Waals surface area contributed by atoms with Crippen LogP contribution in [-0.4, -0.2) is 48.5 Å². The Hall–Kier alpha value is -1.92. The van der Waals surface area contributed by atoms with Crippen molar-refractivity contribution in [3.63, 3.8) is 0 Å². The number of pyridine rings is 1. The fourth-order valence-electron chi connectivity index (χ4n) is 2.56. The number of anilines is 2. The first-order valence-corrected chi connectivity index (χ1v) is 8.46. The number of carbonyl (C=O) groups excluding carboxylic acids is 1. The summed E-state index contributed by atoms with van der Waals surface area (Å²) in [5, 5.41) is 6.83. The van der Waals surface area contributed by atoms with Crippen LogP contribution in [0, 0.1) is 0 Å². The number of rotatable bonds is 5. The lowest BCUT2D eigenvalue weighted by Crippen LogP contribution is -2.47. The minimum absolute atomic E-state index is 0.0885. The molecule has 6 heteroatoms. The highest BCUT2D eigenvalue weighted by Gasteiger charge is 2.18. The summed E-state index contributed by atoms with van der Waals surface area (Å²) in [6.07, 6.45) is 2.37. The molecule has 1 N–H and O–H groups in total. The van der Waals surface area contributed by atoms with E-state index in [2.05, 4.69) is 20.1 Å². The van der Waals surface area contributed by atoms with Gasteiger partial charge in [-0.15, -0.1) is 0 Å². The van der Waals surface area contributed by atoms with Crippen molar-refractivity contribution in [2.45, 2.75) is 6.42 Å². The van der Waals surface area contributed by atoms with Crippen molar-refractivity contribution in [3.8, 4) is 0 Å². The molecule has 1 aliphatic rings. The Kier molecular flexibility index (Phi) is 5.03. The van der Waals surface area contributed by atoms with Gasteiger partial charge in [-0.1, -0.05) is 6.07 Å². The second-order valence-electron chi connectivity index (χ2n) is 5.33. The van der Waals surface area contributed by atoms with Gasteiger partial charge in [-0.05, 0) is 23.6 Å². The minimum atomic E-state index is 0.0885. The molecule has 1 fully saturated rings. The zero-order chi connectivity index (χ0) is 15.2. The molecule has 22 heavy (non-hydrogen) atoms. The monoisotopic (exact) mass is 316 g/mol. The third-order valence-electron chi connectivity index (χ3n) is 3.81. The molecule has 5 nitrogen and oxygen atoms in total. The van der Waals surface area contributed by atoms with Gasteiger partial charge in [0.05, 0.1) is 5.69 Å². The van der Waals surface area contributed by atoms with Gasteiger partial charge in [-0.2, -0.15) is 11.3 Å². The molecule has 0 bridgehead atoms. The highest BCUT2D eigenvalue weighted by molar-refractivity contribution is 7.08. The van der Waals surface area contributed by atoms with Gasteiger partial charge in [0.15, 0.2) is 0 Å². The Morgan fingerprint density at radius 2 is 2.09 bits per heavy atom. The summed E-state index contributed by atoms with van der Waals surface area (Å²) in [7, 11) is 0. The maximum Gasteiger partial charge on any atom is 0.225 e. The van der Waals surface area contributed by atoms with Gasteiger partial charge in [0.2, 0.25) is 5.91 Å². The topological polar surface area (TPSA) is 48.5 Å². The zero-order valence-corrected chi connectivity index (χ0v) is 13.3. The van der Waals surface area contributed by atoms with Crippen molar-refractivity contribution in [2.24, 2.45) is 0 Å². The van der Waals surface area contributed by atoms with Crippen LogP contribution in [0.5, 0.6) is 0 Å². The molecule has 1 aliphatic heterocycles. The fraction of sp³-hybridized carbons (Fsp3) is 0.375. The molecule has 2 aromatic rings. The van der Waals surface area contributed by atoms with Gasteiger partial charge in [-0.25, -0.2) is 4.98 Å². The van der Waals surface area contributed by atoms with E-state index < -0.39 is 0 Å². The smallest absolute Gasteiger partial charge is 0.225 e.